The molecule has 4 N–H and O–H groups in total. The van der Waals surface area contributed by atoms with E-state index >= 15 is 0 Å². The molecule has 0 aromatic heterocycles. The normalized spacial score (nSPS) is 13.0. The first kappa shape index (κ1) is 9.39. The van der Waals surface area contributed by atoms with E-state index in [4.69, 9.17) is 15.9 Å². The number of nitrogens with two attached hydrogens (primary N) is 1. The molecular weight excluding hydrogens is 134 g/mol. The summed E-state index contributed by atoms with van der Waals surface area (Å²) < 4.78 is 0. The first-order valence-electron chi connectivity index (χ1n) is 3.26. The van der Waals surface area contributed by atoms with Crippen LogP contribution in [0.15, 0.2) is 0 Å². The van der Waals surface area contributed by atoms with Gasteiger partial charge in [0, 0.05) is 6.61 Å². The maximum Gasteiger partial charge on any atom is 0.246 e. The summed E-state index contributed by atoms with van der Waals surface area (Å²) in [5.74, 6) is -0.696. The van der Waals surface area contributed by atoms with E-state index in [2.05, 4.69) is 0 Å². The van der Waals surface area contributed by atoms with Crippen molar-refractivity contribution in [1.82, 2.24) is 0 Å². The molecular formula is C6H13NO3. The Balaban J connectivity index is 3.21. The van der Waals surface area contributed by atoms with Crippen molar-refractivity contribution in [3.05, 3.63) is 0 Å². The van der Waals surface area contributed by atoms with Crippen molar-refractivity contribution in [2.75, 3.05) is 6.61 Å². The Labute approximate surface area is 59.7 Å². The van der Waals surface area contributed by atoms with Crippen LogP contribution in [0.25, 0.3) is 0 Å². The molecule has 10 heavy (non-hydrogen) atoms. The number of aliphatic hydroxyl groups excluding tert-OH is 2. The summed E-state index contributed by atoms with van der Waals surface area (Å²) in [4.78, 5) is 10.2. The standard InChI is InChI=1S/C6H13NO3/c7-6(10)5(9)3-1-2-4-8/h5,8-9H,1-4H2,(H2,7,10). The summed E-state index contributed by atoms with van der Waals surface area (Å²) in [6, 6.07) is 0. The molecule has 0 spiro atoms. The van der Waals surface area contributed by atoms with Crippen molar-refractivity contribution in [3.63, 3.8) is 0 Å². The smallest absolute Gasteiger partial charge is 0.246 e. The fraction of sp³-hybridized carbons (Fsp3) is 0.833. The van der Waals surface area contributed by atoms with Gasteiger partial charge >= 0.3 is 0 Å². The minimum atomic E-state index is -1.05. The summed E-state index contributed by atoms with van der Waals surface area (Å²) in [6.45, 7) is 0.0888. The molecule has 0 fully saturated rings. The average Bonchev–Trinajstić information content (AvgIpc) is 1.88. The summed E-state index contributed by atoms with van der Waals surface area (Å²) in [5.41, 5.74) is 4.77. The predicted octanol–water partition coefficient (Wildman–Crippen LogP) is -1.00. The Morgan fingerprint density at radius 2 is 2.10 bits per heavy atom. The van der Waals surface area contributed by atoms with E-state index in [1.165, 1.54) is 0 Å². The Morgan fingerprint density at radius 3 is 2.50 bits per heavy atom. The number of aliphatic hydroxyl groups is 2. The van der Waals surface area contributed by atoms with Crippen LogP contribution in [0.2, 0.25) is 0 Å². The zero-order valence-electron chi connectivity index (χ0n) is 5.79. The van der Waals surface area contributed by atoms with Gasteiger partial charge in [-0.25, -0.2) is 0 Å². The highest BCUT2D eigenvalue weighted by atomic mass is 16.3. The molecule has 0 aromatic carbocycles. The van der Waals surface area contributed by atoms with E-state index < -0.39 is 12.0 Å². The van der Waals surface area contributed by atoms with Crippen molar-refractivity contribution in [3.8, 4) is 0 Å². The van der Waals surface area contributed by atoms with Crippen molar-refractivity contribution in [2.24, 2.45) is 5.73 Å². The number of rotatable bonds is 5. The van der Waals surface area contributed by atoms with Crippen molar-refractivity contribution >= 4 is 5.91 Å². The highest BCUT2D eigenvalue weighted by Crippen LogP contribution is 1.98. The molecule has 0 heterocycles. The lowest BCUT2D eigenvalue weighted by Crippen LogP contribution is -2.27. The SMILES string of the molecule is NC(=O)C(O)CCCCO. The first-order valence-corrected chi connectivity index (χ1v) is 3.26. The molecule has 0 aliphatic carbocycles. The average molecular weight is 147 g/mol. The van der Waals surface area contributed by atoms with E-state index in [9.17, 15) is 4.79 Å². The van der Waals surface area contributed by atoms with Crippen molar-refractivity contribution in [2.45, 2.75) is 25.4 Å². The van der Waals surface area contributed by atoms with Crippen LogP contribution in [0.5, 0.6) is 0 Å². The second-order valence-electron chi connectivity index (χ2n) is 2.14. The van der Waals surface area contributed by atoms with E-state index in [-0.39, 0.29) is 6.61 Å². The van der Waals surface area contributed by atoms with E-state index in [1.807, 2.05) is 0 Å². The predicted molar refractivity (Wildman–Crippen MR) is 36.1 cm³/mol. The second-order valence-corrected chi connectivity index (χ2v) is 2.14. The van der Waals surface area contributed by atoms with Gasteiger partial charge in [-0.3, -0.25) is 4.79 Å². The molecule has 1 unspecified atom stereocenters. The molecule has 0 aliphatic heterocycles. The van der Waals surface area contributed by atoms with E-state index in [0.29, 0.717) is 19.3 Å². The number of carbonyl (C=O) groups is 1. The highest BCUT2D eigenvalue weighted by molar-refractivity contribution is 5.78. The monoisotopic (exact) mass is 147 g/mol. The number of primary amides is 1. The molecule has 4 nitrogen and oxygen atoms in total. The summed E-state index contributed by atoms with van der Waals surface area (Å²) in [5, 5.41) is 17.1. The number of amides is 1. The van der Waals surface area contributed by atoms with Crippen LogP contribution in [0, 0.1) is 0 Å². The van der Waals surface area contributed by atoms with Crippen molar-refractivity contribution < 1.29 is 15.0 Å². The summed E-state index contributed by atoms with van der Waals surface area (Å²) in [7, 11) is 0. The Morgan fingerprint density at radius 1 is 1.50 bits per heavy atom. The van der Waals surface area contributed by atoms with Crippen molar-refractivity contribution in [1.29, 1.82) is 0 Å². The quantitative estimate of drug-likeness (QED) is 0.436. The largest absolute Gasteiger partial charge is 0.396 e. The van der Waals surface area contributed by atoms with Crippen LogP contribution in [0.3, 0.4) is 0 Å². The van der Waals surface area contributed by atoms with E-state index in [0.717, 1.165) is 0 Å². The molecule has 0 rings (SSSR count). The van der Waals surface area contributed by atoms with Gasteiger partial charge in [-0.05, 0) is 19.3 Å². The summed E-state index contributed by atoms with van der Waals surface area (Å²) in [6.07, 6.45) is 0.521. The lowest BCUT2D eigenvalue weighted by molar-refractivity contribution is -0.126. The molecule has 1 amide bonds. The maximum absolute atomic E-state index is 10.2. The molecule has 4 heteroatoms. The molecule has 0 aliphatic rings. The zero-order chi connectivity index (χ0) is 7.98. The molecule has 0 bridgehead atoms. The molecule has 0 saturated heterocycles. The van der Waals surface area contributed by atoms with Crippen LogP contribution in [-0.2, 0) is 4.79 Å². The topological polar surface area (TPSA) is 83.6 Å². The molecule has 0 radical (unpaired) electrons. The fourth-order valence-corrected chi connectivity index (χ4v) is 0.592. The molecule has 1 atom stereocenters. The maximum atomic E-state index is 10.2. The third-order valence-electron chi connectivity index (χ3n) is 1.21. The minimum Gasteiger partial charge on any atom is -0.396 e. The fourth-order valence-electron chi connectivity index (χ4n) is 0.592. The van der Waals surface area contributed by atoms with Gasteiger partial charge < -0.3 is 15.9 Å². The van der Waals surface area contributed by atoms with Gasteiger partial charge in [-0.1, -0.05) is 0 Å². The van der Waals surface area contributed by atoms with Crippen LogP contribution < -0.4 is 5.73 Å². The Bertz CT molecular complexity index is 105. The van der Waals surface area contributed by atoms with Gasteiger partial charge in [0.25, 0.3) is 0 Å². The highest BCUT2D eigenvalue weighted by Gasteiger charge is 2.08. The number of hydrogen-bond donors (Lipinski definition) is 3. The molecule has 0 aromatic rings. The van der Waals surface area contributed by atoms with Crippen LogP contribution >= 0.6 is 0 Å². The number of unbranched alkanes of at least 4 members (excludes halogenated alkanes) is 1. The van der Waals surface area contributed by atoms with Gasteiger partial charge in [0.1, 0.15) is 6.10 Å². The van der Waals surface area contributed by atoms with Gasteiger partial charge in [-0.2, -0.15) is 0 Å². The third-order valence-corrected chi connectivity index (χ3v) is 1.21. The van der Waals surface area contributed by atoms with Gasteiger partial charge in [0.15, 0.2) is 0 Å². The van der Waals surface area contributed by atoms with Crippen LogP contribution in [0.1, 0.15) is 19.3 Å². The first-order chi connectivity index (χ1) is 4.68. The molecule has 0 saturated carbocycles. The van der Waals surface area contributed by atoms with Crippen LogP contribution in [-0.4, -0.2) is 28.8 Å². The Kier molecular flexibility index (Phi) is 4.88. The zero-order valence-corrected chi connectivity index (χ0v) is 5.79. The van der Waals surface area contributed by atoms with Gasteiger partial charge in [0.05, 0.1) is 0 Å². The molecule has 60 valence electrons. The number of carbonyl (C=O) groups excluding carboxylic acids is 1. The lowest BCUT2D eigenvalue weighted by Gasteiger charge is -2.03. The minimum absolute atomic E-state index is 0.0888. The third kappa shape index (κ3) is 4.29. The number of hydrogen-bond acceptors (Lipinski definition) is 3. The van der Waals surface area contributed by atoms with Gasteiger partial charge in [-0.15, -0.1) is 0 Å². The second kappa shape index (κ2) is 5.20. The van der Waals surface area contributed by atoms with Crippen LogP contribution in [0.4, 0.5) is 0 Å². The van der Waals surface area contributed by atoms with Gasteiger partial charge in [0.2, 0.25) is 5.91 Å². The van der Waals surface area contributed by atoms with E-state index in [1.54, 1.807) is 0 Å². The summed E-state index contributed by atoms with van der Waals surface area (Å²) >= 11 is 0. The lowest BCUT2D eigenvalue weighted by atomic mass is 10.1. The Hall–Kier alpha value is -0.610.